The summed E-state index contributed by atoms with van der Waals surface area (Å²) in [5, 5.41) is 0. The SMILES string of the molecule is CCCCCCCCCCOC(=O)[C@H](C)N.Cc1ccc(S(=O)(=O)O)cc1. The van der Waals surface area contributed by atoms with Gasteiger partial charge in [-0.3, -0.25) is 9.35 Å². The molecule has 0 saturated carbocycles. The predicted octanol–water partition coefficient (Wildman–Crippen LogP) is 4.26. The van der Waals surface area contributed by atoms with E-state index in [1.54, 1.807) is 19.1 Å². The van der Waals surface area contributed by atoms with Crippen LogP contribution in [0.2, 0.25) is 0 Å². The molecule has 1 aromatic carbocycles. The van der Waals surface area contributed by atoms with E-state index >= 15 is 0 Å². The van der Waals surface area contributed by atoms with Crippen LogP contribution in [0.25, 0.3) is 0 Å². The highest BCUT2D eigenvalue weighted by molar-refractivity contribution is 7.85. The van der Waals surface area contributed by atoms with Crippen LogP contribution in [0.15, 0.2) is 29.2 Å². The molecule has 0 fully saturated rings. The lowest BCUT2D eigenvalue weighted by Gasteiger charge is -2.06. The van der Waals surface area contributed by atoms with Gasteiger partial charge in [0.1, 0.15) is 6.04 Å². The molecule has 0 aliphatic heterocycles. The van der Waals surface area contributed by atoms with E-state index in [1.807, 2.05) is 6.92 Å². The highest BCUT2D eigenvalue weighted by Crippen LogP contribution is 2.09. The molecule has 0 unspecified atom stereocenters. The third-order valence-corrected chi connectivity index (χ3v) is 4.80. The van der Waals surface area contributed by atoms with E-state index < -0.39 is 16.2 Å². The Morgan fingerprint density at radius 1 is 1.04 bits per heavy atom. The van der Waals surface area contributed by atoms with Gasteiger partial charge in [-0.1, -0.05) is 69.6 Å². The highest BCUT2D eigenvalue weighted by Gasteiger charge is 2.07. The molecule has 0 aromatic heterocycles. The molecule has 0 saturated heterocycles. The van der Waals surface area contributed by atoms with Crippen molar-refractivity contribution in [2.75, 3.05) is 6.61 Å². The Morgan fingerprint density at radius 3 is 1.96 bits per heavy atom. The summed E-state index contributed by atoms with van der Waals surface area (Å²) < 4.78 is 34.5. The second kappa shape index (κ2) is 14.6. The van der Waals surface area contributed by atoms with Crippen molar-refractivity contribution in [1.29, 1.82) is 0 Å². The van der Waals surface area contributed by atoms with Crippen LogP contribution in [0.5, 0.6) is 0 Å². The molecule has 0 bridgehead atoms. The van der Waals surface area contributed by atoms with Gasteiger partial charge in [0.25, 0.3) is 10.1 Å². The number of nitrogens with two attached hydrogens (primary N) is 1. The van der Waals surface area contributed by atoms with Gasteiger partial charge >= 0.3 is 5.97 Å². The van der Waals surface area contributed by atoms with Crippen molar-refractivity contribution >= 4 is 16.1 Å². The van der Waals surface area contributed by atoms with Crippen LogP contribution in [0.3, 0.4) is 0 Å². The monoisotopic (exact) mass is 401 g/mol. The van der Waals surface area contributed by atoms with Crippen LogP contribution in [0, 0.1) is 6.92 Å². The number of rotatable bonds is 11. The Bertz CT molecular complexity index is 612. The predicted molar refractivity (Wildman–Crippen MR) is 108 cm³/mol. The van der Waals surface area contributed by atoms with Crippen LogP contribution in [-0.2, 0) is 19.6 Å². The van der Waals surface area contributed by atoms with Gasteiger partial charge in [0.05, 0.1) is 11.5 Å². The summed E-state index contributed by atoms with van der Waals surface area (Å²) in [5.41, 5.74) is 6.33. The van der Waals surface area contributed by atoms with E-state index in [-0.39, 0.29) is 10.9 Å². The minimum atomic E-state index is -4.02. The normalized spacial score (nSPS) is 12.0. The largest absolute Gasteiger partial charge is 0.465 e. The molecular formula is C20H35NO5S. The quantitative estimate of drug-likeness (QED) is 0.326. The minimum Gasteiger partial charge on any atom is -0.465 e. The first kappa shape index (κ1) is 25.6. The number of benzene rings is 1. The first-order valence-corrected chi connectivity index (χ1v) is 11.1. The Labute approximate surface area is 164 Å². The number of esters is 1. The van der Waals surface area contributed by atoms with E-state index in [1.165, 1.54) is 50.7 Å². The summed E-state index contributed by atoms with van der Waals surface area (Å²) in [6.45, 7) is 6.24. The zero-order valence-electron chi connectivity index (χ0n) is 16.8. The van der Waals surface area contributed by atoms with Crippen LogP contribution in [-0.4, -0.2) is 31.6 Å². The molecule has 1 aromatic rings. The maximum Gasteiger partial charge on any atom is 0.322 e. The van der Waals surface area contributed by atoms with E-state index in [0.29, 0.717) is 6.61 Å². The Kier molecular flexibility index (Phi) is 13.8. The lowest BCUT2D eigenvalue weighted by atomic mass is 10.1. The van der Waals surface area contributed by atoms with Gasteiger partial charge in [0.15, 0.2) is 0 Å². The molecule has 6 nitrogen and oxygen atoms in total. The first-order valence-electron chi connectivity index (χ1n) is 9.64. The van der Waals surface area contributed by atoms with Crippen molar-refractivity contribution in [2.45, 2.75) is 83.1 Å². The number of hydrogen-bond donors (Lipinski definition) is 2. The molecule has 0 amide bonds. The summed E-state index contributed by atoms with van der Waals surface area (Å²) in [6.07, 6.45) is 10.0. The number of carbonyl (C=O) groups excluding carboxylic acids is 1. The summed E-state index contributed by atoms with van der Waals surface area (Å²) in [4.78, 5) is 10.9. The van der Waals surface area contributed by atoms with E-state index in [4.69, 9.17) is 15.0 Å². The molecule has 0 radical (unpaired) electrons. The first-order chi connectivity index (χ1) is 12.7. The van der Waals surface area contributed by atoms with Crippen molar-refractivity contribution in [3.8, 4) is 0 Å². The van der Waals surface area contributed by atoms with Gasteiger partial charge in [-0.05, 0) is 32.4 Å². The fourth-order valence-electron chi connectivity index (χ4n) is 2.25. The van der Waals surface area contributed by atoms with Gasteiger partial charge in [-0.15, -0.1) is 0 Å². The van der Waals surface area contributed by atoms with Gasteiger partial charge in [0, 0.05) is 0 Å². The molecule has 0 aliphatic rings. The second-order valence-corrected chi connectivity index (χ2v) is 8.14. The molecule has 0 spiro atoms. The van der Waals surface area contributed by atoms with Crippen LogP contribution >= 0.6 is 0 Å². The average molecular weight is 402 g/mol. The van der Waals surface area contributed by atoms with E-state index in [9.17, 15) is 13.2 Å². The van der Waals surface area contributed by atoms with Gasteiger partial charge < -0.3 is 10.5 Å². The maximum atomic E-state index is 11.0. The maximum absolute atomic E-state index is 11.0. The molecular weight excluding hydrogens is 366 g/mol. The molecule has 27 heavy (non-hydrogen) atoms. The Hall–Kier alpha value is -1.44. The van der Waals surface area contributed by atoms with Gasteiger partial charge in [-0.25, -0.2) is 0 Å². The standard InChI is InChI=1S/C13H27NO2.C7H8O3S/c1-3-4-5-6-7-8-9-10-11-16-13(15)12(2)14;1-6-2-4-7(5-3-6)11(8,9)10/h12H,3-11,14H2,1-2H3;2-5H,1H3,(H,8,9,10)/t12-;/m0./s1. The van der Waals surface area contributed by atoms with Gasteiger partial charge in [-0.2, -0.15) is 8.42 Å². The van der Waals surface area contributed by atoms with Crippen molar-refractivity contribution in [2.24, 2.45) is 5.73 Å². The number of carbonyl (C=O) groups is 1. The molecule has 7 heteroatoms. The van der Waals surface area contributed by atoms with Crippen molar-refractivity contribution < 1.29 is 22.5 Å². The smallest absolute Gasteiger partial charge is 0.322 e. The lowest BCUT2D eigenvalue weighted by molar-refractivity contribution is -0.144. The van der Waals surface area contributed by atoms with E-state index in [0.717, 1.165) is 18.4 Å². The summed E-state index contributed by atoms with van der Waals surface area (Å²) in [7, 11) is -4.02. The zero-order valence-corrected chi connectivity index (χ0v) is 17.6. The second-order valence-electron chi connectivity index (χ2n) is 6.72. The third kappa shape index (κ3) is 14.3. The van der Waals surface area contributed by atoms with Crippen LogP contribution < -0.4 is 5.73 Å². The van der Waals surface area contributed by atoms with Crippen molar-refractivity contribution in [1.82, 2.24) is 0 Å². The van der Waals surface area contributed by atoms with Gasteiger partial charge in [0.2, 0.25) is 0 Å². The zero-order chi connectivity index (χ0) is 20.7. The lowest BCUT2D eigenvalue weighted by Crippen LogP contribution is -2.28. The molecule has 0 heterocycles. The topological polar surface area (TPSA) is 107 Å². The minimum absolute atomic E-state index is 0.0666. The summed E-state index contributed by atoms with van der Waals surface area (Å²) in [5.74, 6) is -0.289. The average Bonchev–Trinajstić information content (AvgIpc) is 2.60. The molecule has 1 atom stereocenters. The fraction of sp³-hybridized carbons (Fsp3) is 0.650. The number of unbranched alkanes of at least 4 members (excludes halogenated alkanes) is 7. The van der Waals surface area contributed by atoms with E-state index in [2.05, 4.69) is 6.92 Å². The summed E-state index contributed by atoms with van der Waals surface area (Å²) >= 11 is 0. The molecule has 3 N–H and O–H groups in total. The highest BCUT2D eigenvalue weighted by atomic mass is 32.2. The van der Waals surface area contributed by atoms with Crippen molar-refractivity contribution in [3.05, 3.63) is 29.8 Å². The number of aryl methyl sites for hydroxylation is 1. The molecule has 1 rings (SSSR count). The Balaban J connectivity index is 0.000000533. The number of hydrogen-bond acceptors (Lipinski definition) is 5. The third-order valence-electron chi connectivity index (χ3n) is 3.93. The van der Waals surface area contributed by atoms with Crippen molar-refractivity contribution in [3.63, 3.8) is 0 Å². The molecule has 156 valence electrons. The van der Waals surface area contributed by atoms with Crippen LogP contribution in [0.4, 0.5) is 0 Å². The Morgan fingerprint density at radius 2 is 1.52 bits per heavy atom. The summed E-state index contributed by atoms with van der Waals surface area (Å²) in [6, 6.07) is 5.50. The number of ether oxygens (including phenoxy) is 1. The fourth-order valence-corrected chi connectivity index (χ4v) is 2.73. The van der Waals surface area contributed by atoms with Crippen LogP contribution in [0.1, 0.15) is 70.8 Å². The molecule has 0 aliphatic carbocycles.